The normalized spacial score (nSPS) is 37.5. The van der Waals surface area contributed by atoms with Gasteiger partial charge in [-0.15, -0.1) is 0 Å². The second-order valence-corrected chi connectivity index (χ2v) is 9.96. The SMILES string of the molecule is O=S1C2=CC=CCC2=CC2=C1C(CC1(F)C=CC=CN1)(CC1(F)C=CC=CN1)CC=C2. The molecule has 0 spiro atoms. The van der Waals surface area contributed by atoms with Crippen molar-refractivity contribution < 1.29 is 13.0 Å². The number of rotatable bonds is 4. The number of fused-ring (bicyclic) bond motifs is 1. The van der Waals surface area contributed by atoms with Crippen LogP contribution in [0.15, 0.2) is 106 Å². The second-order valence-electron chi connectivity index (χ2n) is 8.58. The third kappa shape index (κ3) is 3.63. The number of nitrogens with one attached hydrogen (secondary N) is 2. The van der Waals surface area contributed by atoms with Crippen molar-refractivity contribution >= 4 is 10.8 Å². The summed E-state index contributed by atoms with van der Waals surface area (Å²) in [5.41, 5.74) is 0.820. The van der Waals surface area contributed by atoms with Gasteiger partial charge in [-0.1, -0.05) is 36.5 Å². The lowest BCUT2D eigenvalue weighted by Gasteiger charge is -2.46. The third-order valence-corrected chi connectivity index (χ3v) is 8.11. The highest BCUT2D eigenvalue weighted by Crippen LogP contribution is 2.55. The molecule has 2 N–H and O–H groups in total. The van der Waals surface area contributed by atoms with Gasteiger partial charge in [0, 0.05) is 28.1 Å². The van der Waals surface area contributed by atoms with Crippen molar-refractivity contribution in [3.63, 3.8) is 0 Å². The van der Waals surface area contributed by atoms with Crippen LogP contribution in [-0.4, -0.2) is 15.8 Å². The molecule has 31 heavy (non-hydrogen) atoms. The number of hydrogen-bond donors (Lipinski definition) is 2. The molecule has 6 heteroatoms. The highest BCUT2D eigenvalue weighted by atomic mass is 32.2. The first-order valence-electron chi connectivity index (χ1n) is 10.5. The Hall–Kier alpha value is -2.73. The van der Waals surface area contributed by atoms with E-state index in [2.05, 4.69) is 10.6 Å². The largest absolute Gasteiger partial charge is 0.356 e. The second kappa shape index (κ2) is 7.45. The summed E-state index contributed by atoms with van der Waals surface area (Å²) in [6, 6.07) is 0. The maximum atomic E-state index is 15.9. The van der Waals surface area contributed by atoms with Gasteiger partial charge in [0.1, 0.15) is 0 Å². The number of hydrogen-bond acceptors (Lipinski definition) is 3. The van der Waals surface area contributed by atoms with E-state index in [1.54, 1.807) is 36.7 Å². The monoisotopic (exact) mass is 438 g/mol. The first-order valence-corrected chi connectivity index (χ1v) is 11.6. The molecule has 0 radical (unpaired) electrons. The van der Waals surface area contributed by atoms with E-state index in [9.17, 15) is 4.21 Å². The van der Waals surface area contributed by atoms with Gasteiger partial charge in [-0.2, -0.15) is 0 Å². The van der Waals surface area contributed by atoms with Gasteiger partial charge in [-0.05, 0) is 72.8 Å². The number of allylic oxidation sites excluding steroid dienone is 13. The van der Waals surface area contributed by atoms with E-state index in [4.69, 9.17) is 0 Å². The van der Waals surface area contributed by atoms with Gasteiger partial charge in [0.25, 0.3) is 0 Å². The van der Waals surface area contributed by atoms with Gasteiger partial charge >= 0.3 is 0 Å². The van der Waals surface area contributed by atoms with Crippen LogP contribution in [0.3, 0.4) is 0 Å². The highest BCUT2D eigenvalue weighted by molar-refractivity contribution is 7.93. The molecule has 3 unspecified atom stereocenters. The molecule has 5 rings (SSSR count). The van der Waals surface area contributed by atoms with Crippen LogP contribution in [-0.2, 0) is 10.8 Å². The zero-order valence-electron chi connectivity index (χ0n) is 17.0. The van der Waals surface area contributed by atoms with E-state index >= 15 is 8.78 Å². The summed E-state index contributed by atoms with van der Waals surface area (Å²) < 4.78 is 45.6. The molecular weight excluding hydrogens is 414 g/mol. The summed E-state index contributed by atoms with van der Waals surface area (Å²) in [4.78, 5) is 1.35. The molecule has 0 aromatic rings. The van der Waals surface area contributed by atoms with E-state index in [0.717, 1.165) is 16.1 Å². The number of dihydropyridines is 2. The molecule has 0 saturated heterocycles. The Morgan fingerprint density at radius 1 is 0.935 bits per heavy atom. The van der Waals surface area contributed by atoms with E-state index in [1.807, 2.05) is 36.5 Å². The van der Waals surface area contributed by atoms with Crippen LogP contribution in [0.2, 0.25) is 0 Å². The lowest BCUT2D eigenvalue weighted by molar-refractivity contribution is 0.0637. The molecule has 5 aliphatic rings. The van der Waals surface area contributed by atoms with Crippen LogP contribution < -0.4 is 10.6 Å². The lowest BCUT2D eigenvalue weighted by atomic mass is 9.68. The number of alkyl halides is 2. The molecule has 3 nitrogen and oxygen atoms in total. The average Bonchev–Trinajstić information content (AvgIpc) is 2.74. The summed E-state index contributed by atoms with van der Waals surface area (Å²) in [6.07, 6.45) is 25.5. The average molecular weight is 439 g/mol. The Morgan fingerprint density at radius 3 is 2.23 bits per heavy atom. The van der Waals surface area contributed by atoms with Crippen molar-refractivity contribution in [1.29, 1.82) is 0 Å². The Morgan fingerprint density at radius 2 is 1.61 bits per heavy atom. The summed E-state index contributed by atoms with van der Waals surface area (Å²) in [6.45, 7) is 0. The summed E-state index contributed by atoms with van der Waals surface area (Å²) in [5.74, 6) is -3.73. The first kappa shape index (κ1) is 20.2. The maximum absolute atomic E-state index is 15.9. The minimum absolute atomic E-state index is 0.0348. The third-order valence-electron chi connectivity index (χ3n) is 6.28. The van der Waals surface area contributed by atoms with Gasteiger partial charge in [-0.25, -0.2) is 13.0 Å². The molecule has 0 aromatic carbocycles. The van der Waals surface area contributed by atoms with E-state index in [-0.39, 0.29) is 12.8 Å². The van der Waals surface area contributed by atoms with Crippen molar-refractivity contribution in [2.24, 2.45) is 5.41 Å². The van der Waals surface area contributed by atoms with Crippen LogP contribution in [0.25, 0.3) is 0 Å². The fraction of sp³-hybridized carbons (Fsp3) is 0.280. The molecule has 2 aliphatic carbocycles. The summed E-state index contributed by atoms with van der Waals surface area (Å²) >= 11 is 0. The highest BCUT2D eigenvalue weighted by Gasteiger charge is 2.51. The van der Waals surface area contributed by atoms with Crippen molar-refractivity contribution in [1.82, 2.24) is 10.6 Å². The molecule has 3 atom stereocenters. The Balaban J connectivity index is 1.63. The van der Waals surface area contributed by atoms with Gasteiger partial charge in [0.05, 0.1) is 10.8 Å². The quantitative estimate of drug-likeness (QED) is 0.595. The van der Waals surface area contributed by atoms with Crippen LogP contribution in [0.4, 0.5) is 8.78 Å². The zero-order valence-corrected chi connectivity index (χ0v) is 17.8. The zero-order chi connectivity index (χ0) is 21.5. The van der Waals surface area contributed by atoms with Crippen LogP contribution in [0, 0.1) is 5.41 Å². The molecule has 0 bridgehead atoms. The molecule has 0 aromatic heterocycles. The molecule has 0 fully saturated rings. The predicted molar refractivity (Wildman–Crippen MR) is 121 cm³/mol. The fourth-order valence-electron chi connectivity index (χ4n) is 5.04. The van der Waals surface area contributed by atoms with Crippen LogP contribution in [0.1, 0.15) is 25.7 Å². The van der Waals surface area contributed by atoms with Gasteiger partial charge < -0.3 is 10.6 Å². The molecule has 3 aliphatic heterocycles. The molecule has 3 heterocycles. The van der Waals surface area contributed by atoms with Crippen molar-refractivity contribution in [2.75, 3.05) is 0 Å². The van der Waals surface area contributed by atoms with Gasteiger partial charge in [0.15, 0.2) is 11.6 Å². The fourth-order valence-corrected chi connectivity index (χ4v) is 6.80. The van der Waals surface area contributed by atoms with Crippen molar-refractivity contribution in [2.45, 2.75) is 37.3 Å². The van der Waals surface area contributed by atoms with Gasteiger partial charge in [0.2, 0.25) is 0 Å². The topological polar surface area (TPSA) is 41.1 Å². The Bertz CT molecular complexity index is 1070. The maximum Gasteiger partial charge on any atom is 0.200 e. The predicted octanol–water partition coefficient (Wildman–Crippen LogP) is 5.18. The Kier molecular flexibility index (Phi) is 4.85. The lowest BCUT2D eigenvalue weighted by Crippen LogP contribution is -2.49. The van der Waals surface area contributed by atoms with E-state index in [1.165, 1.54) is 12.2 Å². The molecular formula is C25H24F2N2OS. The smallest absolute Gasteiger partial charge is 0.200 e. The first-order chi connectivity index (χ1) is 14.9. The number of halogens is 2. The Labute approximate surface area is 183 Å². The standard InChI is InChI=1S/C25H24F2N2OS/c26-24(12-3-5-14-28-24)17-23(18-25(27)13-4-6-15-29-25)11-7-9-20-16-19-8-1-2-10-21(19)31(30)22(20)23/h1-7,9-10,12-16,28-29H,8,11,17-18H2. The molecule has 160 valence electrons. The minimum atomic E-state index is -1.86. The molecule has 0 amide bonds. The van der Waals surface area contributed by atoms with Gasteiger partial charge in [-0.3, -0.25) is 0 Å². The van der Waals surface area contributed by atoms with Crippen LogP contribution in [0.5, 0.6) is 0 Å². The minimum Gasteiger partial charge on any atom is -0.356 e. The molecule has 0 saturated carbocycles. The van der Waals surface area contributed by atoms with Crippen molar-refractivity contribution in [3.05, 3.63) is 106 Å². The van der Waals surface area contributed by atoms with E-state index < -0.39 is 27.8 Å². The van der Waals surface area contributed by atoms with E-state index in [0.29, 0.717) is 17.7 Å². The summed E-state index contributed by atoms with van der Waals surface area (Å²) in [5, 5.41) is 5.58. The van der Waals surface area contributed by atoms with Crippen molar-refractivity contribution in [3.8, 4) is 0 Å². The summed E-state index contributed by atoms with van der Waals surface area (Å²) in [7, 11) is -1.49. The van der Waals surface area contributed by atoms with Crippen LogP contribution >= 0.6 is 0 Å².